The molecule has 0 aliphatic heterocycles. The van der Waals surface area contributed by atoms with Crippen LogP contribution in [0.2, 0.25) is 0 Å². The molecule has 0 atom stereocenters. The van der Waals surface area contributed by atoms with Crippen LogP contribution in [-0.2, 0) is 25.5 Å². The molecule has 3 aromatic heterocycles. The minimum absolute atomic E-state index is 0. The summed E-state index contributed by atoms with van der Waals surface area (Å²) >= 11 is 0. The fourth-order valence-corrected chi connectivity index (χ4v) is 6.79. The summed E-state index contributed by atoms with van der Waals surface area (Å²) in [4.78, 5) is 2.08. The fourth-order valence-electron chi connectivity index (χ4n) is 6.79. The van der Waals surface area contributed by atoms with E-state index in [2.05, 4.69) is 84.1 Å². The van der Waals surface area contributed by atoms with Gasteiger partial charge in [-0.15, -0.1) is 23.8 Å². The van der Waals surface area contributed by atoms with E-state index in [4.69, 9.17) is 4.42 Å². The molecule has 55 heavy (non-hydrogen) atoms. The van der Waals surface area contributed by atoms with Crippen molar-refractivity contribution in [3.8, 4) is 28.6 Å². The molecule has 0 saturated carbocycles. The molecule has 0 spiro atoms. The van der Waals surface area contributed by atoms with Crippen molar-refractivity contribution in [1.29, 1.82) is 5.26 Å². The third-order valence-electron chi connectivity index (χ3n) is 9.62. The van der Waals surface area contributed by atoms with Crippen molar-refractivity contribution in [2.45, 2.75) is 26.2 Å². The topological polar surface area (TPSA) is 47.9 Å². The van der Waals surface area contributed by atoms with Crippen molar-refractivity contribution < 1.29 is 33.7 Å². The summed E-state index contributed by atoms with van der Waals surface area (Å²) in [6, 6.07) is 48.7. The molecule has 5 aromatic carbocycles. The second-order valence-electron chi connectivity index (χ2n) is 14.3. The second-order valence-corrected chi connectivity index (χ2v) is 14.3. The molecule has 0 aliphatic carbocycles. The zero-order valence-electron chi connectivity index (χ0n) is 31.3. The van der Waals surface area contributed by atoms with Gasteiger partial charge in [-0.2, -0.15) is 42.4 Å². The molecule has 0 aliphatic rings. The van der Waals surface area contributed by atoms with Gasteiger partial charge < -0.3 is 18.5 Å². The summed E-state index contributed by atoms with van der Waals surface area (Å²) in [5.74, 6) is 0. The fraction of sp³-hybridized carbons (Fsp3) is 0.0816. The molecule has 0 fully saturated rings. The van der Waals surface area contributed by atoms with Gasteiger partial charge in [-0.3, -0.25) is 0 Å². The van der Waals surface area contributed by atoms with Crippen molar-refractivity contribution in [3.63, 3.8) is 0 Å². The summed E-state index contributed by atoms with van der Waals surface area (Å²) in [6.45, 7) is 15.0. The Hall–Kier alpha value is -6.38. The van der Waals surface area contributed by atoms with Gasteiger partial charge >= 0.3 is 0 Å². The average molecular weight is 895 g/mol. The zero-order valence-corrected chi connectivity index (χ0v) is 33.7. The number of nitrogens with zero attached hydrogens (tertiary/aromatic N) is 4. The first-order chi connectivity index (χ1) is 26.1. The molecule has 0 bridgehead atoms. The molecule has 0 unspecified atom stereocenters. The van der Waals surface area contributed by atoms with Gasteiger partial charge in [0, 0.05) is 56.3 Å². The molecule has 6 heteroatoms. The number of benzene rings is 5. The molecule has 0 N–H and O–H groups in total. The minimum atomic E-state index is 0. The summed E-state index contributed by atoms with van der Waals surface area (Å²) in [6.07, 6.45) is 4.00. The van der Waals surface area contributed by atoms with Gasteiger partial charge in [0.25, 0.3) is 0 Å². The maximum atomic E-state index is 10.2. The SMILES string of the molecule is [CH2-]c1ccc2c(oc3c(N(c4ccccc4)c4ccccc4)c(C#N)ccc32)c1-c1cccc[n+]1[CH2-].[CH2-]c1ccccc1-c1ccc(C(C)(C)C)c[n+]1[CH2-].[Ir]. The number of fused-ring (bicyclic) bond motifs is 3. The standard InChI is InChI=1S/C32H22N3O.C17H20N.Ir/c1-22-16-18-26-27-19-17-23(21-33)30(32(27)36-31(26)29(22)28-15-9-10-20-34(28)2)35(24-11-5-3-6-12-24)25-13-7-4-8-14-25;1-13-8-6-7-9-15(13)16-11-10-14(12-18(16)5)17(2,3)4;/h3-20H,1-2H2;6-12H,1,5H2,2-4H3;/q2*-1;. The first-order valence-corrected chi connectivity index (χ1v) is 17.8. The van der Waals surface area contributed by atoms with E-state index >= 15 is 0 Å². The number of aromatic nitrogens is 2. The third kappa shape index (κ3) is 7.54. The van der Waals surface area contributed by atoms with Crippen molar-refractivity contribution in [1.82, 2.24) is 0 Å². The summed E-state index contributed by atoms with van der Waals surface area (Å²) in [7, 11) is 8.25. The van der Waals surface area contributed by atoms with E-state index < -0.39 is 0 Å². The first-order valence-electron chi connectivity index (χ1n) is 17.8. The Morgan fingerprint density at radius 1 is 0.618 bits per heavy atom. The molecule has 0 saturated heterocycles. The van der Waals surface area contributed by atoms with Crippen molar-refractivity contribution in [3.05, 3.63) is 202 Å². The largest absolute Gasteiger partial charge is 0.467 e. The minimum Gasteiger partial charge on any atom is -0.467 e. The van der Waals surface area contributed by atoms with Crippen LogP contribution in [0.25, 0.3) is 44.5 Å². The maximum Gasteiger partial charge on any atom is 0.159 e. The van der Waals surface area contributed by atoms with Crippen LogP contribution < -0.4 is 14.0 Å². The molecule has 5 nitrogen and oxygen atoms in total. The van der Waals surface area contributed by atoms with Gasteiger partial charge in [-0.1, -0.05) is 99.1 Å². The van der Waals surface area contributed by atoms with Crippen LogP contribution >= 0.6 is 0 Å². The van der Waals surface area contributed by atoms with Crippen LogP contribution in [-0.4, -0.2) is 0 Å². The Balaban J connectivity index is 0.000000229. The van der Waals surface area contributed by atoms with Gasteiger partial charge in [0.1, 0.15) is 11.8 Å². The van der Waals surface area contributed by atoms with Gasteiger partial charge in [-0.05, 0) is 47.4 Å². The van der Waals surface area contributed by atoms with Gasteiger partial charge in [0.15, 0.2) is 5.58 Å². The smallest absolute Gasteiger partial charge is 0.159 e. The predicted octanol–water partition coefficient (Wildman–Crippen LogP) is 11.5. The van der Waals surface area contributed by atoms with E-state index in [0.717, 1.165) is 61.4 Å². The number of rotatable bonds is 5. The van der Waals surface area contributed by atoms with E-state index in [1.807, 2.05) is 137 Å². The summed E-state index contributed by atoms with van der Waals surface area (Å²) in [5, 5.41) is 12.1. The Kier molecular flexibility index (Phi) is 11.1. The summed E-state index contributed by atoms with van der Waals surface area (Å²) in [5.41, 5.74) is 11.8. The van der Waals surface area contributed by atoms with Crippen LogP contribution in [0.5, 0.6) is 0 Å². The normalized spacial score (nSPS) is 10.9. The van der Waals surface area contributed by atoms with Crippen LogP contribution in [0.1, 0.15) is 43.0 Å². The monoisotopic (exact) mass is 895 g/mol. The molecule has 0 amide bonds. The Morgan fingerprint density at radius 2 is 1.22 bits per heavy atom. The van der Waals surface area contributed by atoms with Gasteiger partial charge in [-0.25, -0.2) is 0 Å². The Morgan fingerprint density at radius 3 is 1.82 bits per heavy atom. The molecule has 1 radical (unpaired) electrons. The number of hydrogen-bond acceptors (Lipinski definition) is 3. The molecular formula is C49H42IrN4O-2. The third-order valence-corrected chi connectivity index (χ3v) is 9.62. The molecule has 275 valence electrons. The van der Waals surface area contributed by atoms with E-state index in [1.165, 1.54) is 5.56 Å². The predicted molar refractivity (Wildman–Crippen MR) is 220 cm³/mol. The molecule has 3 heterocycles. The van der Waals surface area contributed by atoms with Crippen molar-refractivity contribution >= 4 is 39.0 Å². The van der Waals surface area contributed by atoms with Crippen LogP contribution in [0.15, 0.2) is 156 Å². The first kappa shape index (κ1) is 38.3. The van der Waals surface area contributed by atoms with Crippen LogP contribution in [0.4, 0.5) is 17.1 Å². The summed E-state index contributed by atoms with van der Waals surface area (Å²) < 4.78 is 10.5. The van der Waals surface area contributed by atoms with E-state index in [-0.39, 0.29) is 25.5 Å². The number of pyridine rings is 2. The quantitative estimate of drug-likeness (QED) is 0.128. The van der Waals surface area contributed by atoms with Crippen LogP contribution in [0.3, 0.4) is 0 Å². The number of anilines is 3. The van der Waals surface area contributed by atoms with E-state index in [1.54, 1.807) is 0 Å². The van der Waals surface area contributed by atoms with Crippen LogP contribution in [0, 0.1) is 39.3 Å². The Labute approximate surface area is 338 Å². The molecule has 8 rings (SSSR count). The number of para-hydroxylation sites is 2. The zero-order chi connectivity index (χ0) is 38.0. The molecular weight excluding hydrogens is 853 g/mol. The second kappa shape index (κ2) is 15.9. The van der Waals surface area contributed by atoms with Crippen molar-refractivity contribution in [2.75, 3.05) is 4.90 Å². The maximum absolute atomic E-state index is 10.2. The van der Waals surface area contributed by atoms with Crippen molar-refractivity contribution in [2.24, 2.45) is 0 Å². The van der Waals surface area contributed by atoms with E-state index in [9.17, 15) is 5.26 Å². The van der Waals surface area contributed by atoms with Gasteiger partial charge in [0.2, 0.25) is 0 Å². The average Bonchev–Trinajstić information content (AvgIpc) is 3.55. The van der Waals surface area contributed by atoms with Gasteiger partial charge in [0.05, 0.1) is 34.9 Å². The number of furan rings is 1. The number of nitriles is 1. The Bertz CT molecular complexity index is 2610. The molecule has 8 aromatic rings. The number of hydrogen-bond donors (Lipinski definition) is 0. The van der Waals surface area contributed by atoms with E-state index in [0.29, 0.717) is 16.8 Å².